The summed E-state index contributed by atoms with van der Waals surface area (Å²) in [6.07, 6.45) is 1.64. The molecule has 1 aromatic heterocycles. The minimum absolute atomic E-state index is 0.473. The van der Waals surface area contributed by atoms with Gasteiger partial charge in [0.1, 0.15) is 5.15 Å². The van der Waals surface area contributed by atoms with Crippen molar-refractivity contribution in [1.82, 2.24) is 9.88 Å². The molecule has 3 nitrogen and oxygen atoms in total. The number of halogens is 1. The van der Waals surface area contributed by atoms with Crippen molar-refractivity contribution in [3.05, 3.63) is 23.5 Å². The van der Waals surface area contributed by atoms with Gasteiger partial charge in [0.2, 0.25) is 0 Å². The van der Waals surface area contributed by atoms with Gasteiger partial charge in [-0.15, -0.1) is 0 Å². The van der Waals surface area contributed by atoms with Crippen LogP contribution >= 0.6 is 23.8 Å². The number of aromatic nitrogens is 1. The van der Waals surface area contributed by atoms with Crippen LogP contribution in [0.1, 0.15) is 0 Å². The topological polar surface area (TPSA) is 28.2 Å². The summed E-state index contributed by atoms with van der Waals surface area (Å²) < 4.78 is 0. The minimum Gasteiger partial charge on any atom is -0.355 e. The Morgan fingerprint density at radius 3 is 2.69 bits per heavy atom. The summed E-state index contributed by atoms with van der Waals surface area (Å²) in [7, 11) is 3.75. The van der Waals surface area contributed by atoms with Crippen LogP contribution in [0.4, 0.5) is 5.69 Å². The van der Waals surface area contributed by atoms with Crippen molar-refractivity contribution in [2.24, 2.45) is 0 Å². The molecule has 0 aliphatic carbocycles. The lowest BCUT2D eigenvalue weighted by Crippen LogP contribution is -2.26. The third-order valence-electron chi connectivity index (χ3n) is 1.38. The molecule has 0 unspecified atom stereocenters. The van der Waals surface area contributed by atoms with Gasteiger partial charge in [0.15, 0.2) is 5.11 Å². The third-order valence-corrected chi connectivity index (χ3v) is 2.08. The fourth-order valence-corrected chi connectivity index (χ4v) is 0.915. The summed E-state index contributed by atoms with van der Waals surface area (Å²) in [4.78, 5) is 5.73. The van der Waals surface area contributed by atoms with E-state index in [1.54, 1.807) is 12.3 Å². The molecular weight excluding hydrogens is 206 g/mol. The fraction of sp³-hybridized carbons (Fsp3) is 0.250. The van der Waals surface area contributed by atoms with Crippen LogP contribution in [-0.2, 0) is 0 Å². The van der Waals surface area contributed by atoms with Crippen LogP contribution in [0.5, 0.6) is 0 Å². The van der Waals surface area contributed by atoms with Crippen molar-refractivity contribution in [2.45, 2.75) is 0 Å². The molecule has 0 spiro atoms. The SMILES string of the molecule is CN(C)C(=S)Nc1ccc(Cl)nc1. The number of hydrogen-bond donors (Lipinski definition) is 1. The second kappa shape index (κ2) is 4.39. The maximum Gasteiger partial charge on any atom is 0.172 e. The summed E-state index contributed by atoms with van der Waals surface area (Å²) in [6.45, 7) is 0. The Labute approximate surface area is 87.7 Å². The zero-order chi connectivity index (χ0) is 9.84. The van der Waals surface area contributed by atoms with Gasteiger partial charge in [-0.05, 0) is 24.4 Å². The van der Waals surface area contributed by atoms with Crippen LogP contribution in [0, 0.1) is 0 Å². The molecule has 0 saturated heterocycles. The molecule has 0 atom stereocenters. The maximum atomic E-state index is 5.63. The minimum atomic E-state index is 0.473. The number of nitrogens with zero attached hydrogens (tertiary/aromatic N) is 2. The van der Waals surface area contributed by atoms with Crippen LogP contribution in [0.2, 0.25) is 5.15 Å². The van der Waals surface area contributed by atoms with E-state index in [4.69, 9.17) is 23.8 Å². The average molecular weight is 216 g/mol. The zero-order valence-electron chi connectivity index (χ0n) is 7.41. The number of anilines is 1. The first-order valence-corrected chi connectivity index (χ1v) is 4.48. The molecule has 0 radical (unpaired) electrons. The lowest BCUT2D eigenvalue weighted by atomic mass is 10.4. The fourth-order valence-electron chi connectivity index (χ4n) is 0.685. The Bertz CT molecular complexity index is 297. The summed E-state index contributed by atoms with van der Waals surface area (Å²) in [5.74, 6) is 0. The van der Waals surface area contributed by atoms with E-state index in [1.807, 2.05) is 25.1 Å². The highest BCUT2D eigenvalue weighted by Gasteiger charge is 1.99. The highest BCUT2D eigenvalue weighted by Crippen LogP contribution is 2.09. The van der Waals surface area contributed by atoms with Crippen LogP contribution < -0.4 is 5.32 Å². The molecule has 0 aromatic carbocycles. The largest absolute Gasteiger partial charge is 0.355 e. The molecular formula is C8H10ClN3S. The Morgan fingerprint density at radius 2 is 2.23 bits per heavy atom. The molecule has 0 aliphatic heterocycles. The molecule has 0 aliphatic rings. The number of thiocarbonyl (C=S) groups is 1. The van der Waals surface area contributed by atoms with Crippen LogP contribution in [0.15, 0.2) is 18.3 Å². The van der Waals surface area contributed by atoms with E-state index in [2.05, 4.69) is 10.3 Å². The van der Waals surface area contributed by atoms with Gasteiger partial charge in [-0.3, -0.25) is 0 Å². The van der Waals surface area contributed by atoms with E-state index in [0.29, 0.717) is 10.3 Å². The van der Waals surface area contributed by atoms with Crippen molar-refractivity contribution < 1.29 is 0 Å². The van der Waals surface area contributed by atoms with Gasteiger partial charge < -0.3 is 10.2 Å². The van der Waals surface area contributed by atoms with E-state index in [9.17, 15) is 0 Å². The van der Waals surface area contributed by atoms with Gasteiger partial charge in [0.25, 0.3) is 0 Å². The molecule has 0 bridgehead atoms. The summed E-state index contributed by atoms with van der Waals surface area (Å²) in [5.41, 5.74) is 0.836. The van der Waals surface area contributed by atoms with E-state index in [-0.39, 0.29) is 0 Å². The van der Waals surface area contributed by atoms with Crippen LogP contribution in [-0.4, -0.2) is 29.1 Å². The number of hydrogen-bond acceptors (Lipinski definition) is 2. The number of pyridine rings is 1. The van der Waals surface area contributed by atoms with Gasteiger partial charge in [-0.2, -0.15) is 0 Å². The first-order valence-electron chi connectivity index (χ1n) is 3.69. The van der Waals surface area contributed by atoms with Crippen molar-refractivity contribution in [2.75, 3.05) is 19.4 Å². The van der Waals surface area contributed by atoms with Gasteiger partial charge in [0.05, 0.1) is 11.9 Å². The quantitative estimate of drug-likeness (QED) is 0.573. The zero-order valence-corrected chi connectivity index (χ0v) is 8.99. The molecule has 1 N–H and O–H groups in total. The van der Waals surface area contributed by atoms with Crippen molar-refractivity contribution in [3.63, 3.8) is 0 Å². The molecule has 0 saturated carbocycles. The van der Waals surface area contributed by atoms with Gasteiger partial charge in [0, 0.05) is 14.1 Å². The molecule has 5 heteroatoms. The van der Waals surface area contributed by atoms with E-state index in [0.717, 1.165) is 5.69 Å². The van der Waals surface area contributed by atoms with Gasteiger partial charge in [-0.25, -0.2) is 4.98 Å². The molecule has 0 fully saturated rings. The van der Waals surface area contributed by atoms with Crippen molar-refractivity contribution in [1.29, 1.82) is 0 Å². The molecule has 13 heavy (non-hydrogen) atoms. The highest BCUT2D eigenvalue weighted by molar-refractivity contribution is 7.80. The molecule has 1 heterocycles. The normalized spacial score (nSPS) is 9.46. The van der Waals surface area contributed by atoms with Crippen molar-refractivity contribution in [3.8, 4) is 0 Å². The van der Waals surface area contributed by atoms with Gasteiger partial charge in [-0.1, -0.05) is 11.6 Å². The molecule has 1 rings (SSSR count). The standard InChI is InChI=1S/C8H10ClN3S/c1-12(2)8(13)11-6-3-4-7(9)10-5-6/h3-5H,1-2H3,(H,11,13). The first kappa shape index (κ1) is 10.2. The Kier molecular flexibility index (Phi) is 3.45. The van der Waals surface area contributed by atoms with E-state index in [1.165, 1.54) is 0 Å². The van der Waals surface area contributed by atoms with E-state index < -0.39 is 0 Å². The summed E-state index contributed by atoms with van der Waals surface area (Å²) >= 11 is 10.7. The van der Waals surface area contributed by atoms with Crippen LogP contribution in [0.3, 0.4) is 0 Å². The highest BCUT2D eigenvalue weighted by atomic mass is 35.5. The second-order valence-corrected chi connectivity index (χ2v) is 3.47. The predicted molar refractivity (Wildman–Crippen MR) is 59.2 cm³/mol. The van der Waals surface area contributed by atoms with E-state index >= 15 is 0 Å². The Balaban J connectivity index is 2.65. The third kappa shape index (κ3) is 3.16. The predicted octanol–water partition coefficient (Wildman–Crippen LogP) is 1.99. The Hall–Kier alpha value is -0.870. The monoisotopic (exact) mass is 215 g/mol. The Morgan fingerprint density at radius 1 is 1.54 bits per heavy atom. The van der Waals surface area contributed by atoms with Crippen molar-refractivity contribution >= 4 is 34.6 Å². The summed E-state index contributed by atoms with van der Waals surface area (Å²) in [6, 6.07) is 3.54. The molecule has 70 valence electrons. The average Bonchev–Trinajstić information content (AvgIpc) is 2.08. The second-order valence-electron chi connectivity index (χ2n) is 2.69. The van der Waals surface area contributed by atoms with Gasteiger partial charge >= 0.3 is 0 Å². The first-order chi connectivity index (χ1) is 6.09. The lowest BCUT2D eigenvalue weighted by molar-refractivity contribution is 0.634. The summed E-state index contributed by atoms with van der Waals surface area (Å²) in [5, 5.41) is 4.12. The smallest absolute Gasteiger partial charge is 0.172 e. The molecule has 0 amide bonds. The lowest BCUT2D eigenvalue weighted by Gasteiger charge is -2.14. The number of nitrogens with one attached hydrogen (secondary N) is 1. The van der Waals surface area contributed by atoms with Crippen LogP contribution in [0.25, 0.3) is 0 Å². The number of rotatable bonds is 1. The molecule has 1 aromatic rings. The maximum absolute atomic E-state index is 5.63.